The molecule has 5 nitrogen and oxygen atoms in total. The molecule has 4 rings (SSSR count). The standard InChI is InChI=1S/C27H20FN3O2S/c1-18(20-8-4-2-5-9-20)30-25(32)23(17-29)27-31(22-10-6-3-7-11-22)26(33)24(34-27)16-19-12-14-21(28)15-13-19/h2-16,18H,1H3,(H,30,32)/b24-16+,27-23-/t18-/m0/s1. The Morgan fingerprint density at radius 1 is 1.03 bits per heavy atom. The van der Waals surface area contributed by atoms with Gasteiger partial charge in [0, 0.05) is 0 Å². The Morgan fingerprint density at radius 2 is 1.65 bits per heavy atom. The largest absolute Gasteiger partial charge is 0.345 e. The maximum absolute atomic E-state index is 13.4. The number of nitrogens with one attached hydrogen (secondary N) is 1. The van der Waals surface area contributed by atoms with Crippen molar-refractivity contribution in [2.45, 2.75) is 13.0 Å². The van der Waals surface area contributed by atoms with Gasteiger partial charge in [-0.25, -0.2) is 4.39 Å². The van der Waals surface area contributed by atoms with Crippen molar-refractivity contribution < 1.29 is 9.18 Å². The van der Waals surface area contributed by atoms with E-state index in [1.807, 2.05) is 49.4 Å². The average molecular weight is 470 g/mol. The third kappa shape index (κ3) is 4.87. The van der Waals surface area contributed by atoms with E-state index in [4.69, 9.17) is 0 Å². The summed E-state index contributed by atoms with van der Waals surface area (Å²) in [6.07, 6.45) is 1.62. The Labute approximate surface area is 199 Å². The second-order valence-electron chi connectivity index (χ2n) is 7.54. The molecule has 0 aliphatic heterocycles. The minimum atomic E-state index is -0.571. The topological polar surface area (TPSA) is 74.9 Å². The van der Waals surface area contributed by atoms with Crippen LogP contribution in [0, 0.1) is 17.1 Å². The van der Waals surface area contributed by atoms with Crippen LogP contribution in [0.2, 0.25) is 0 Å². The van der Waals surface area contributed by atoms with Crippen molar-refractivity contribution in [1.82, 2.24) is 9.88 Å². The van der Waals surface area contributed by atoms with Crippen LogP contribution >= 0.6 is 11.3 Å². The summed E-state index contributed by atoms with van der Waals surface area (Å²) in [5.41, 5.74) is 1.53. The van der Waals surface area contributed by atoms with Crippen LogP contribution in [0.15, 0.2) is 89.7 Å². The molecule has 34 heavy (non-hydrogen) atoms. The molecule has 0 saturated carbocycles. The molecule has 0 aliphatic carbocycles. The highest BCUT2D eigenvalue weighted by molar-refractivity contribution is 7.07. The first kappa shape index (κ1) is 22.9. The number of carbonyl (C=O) groups excluding carboxylic acids is 1. The van der Waals surface area contributed by atoms with E-state index in [0.29, 0.717) is 15.8 Å². The van der Waals surface area contributed by atoms with Gasteiger partial charge < -0.3 is 5.32 Å². The number of thiazole rings is 1. The molecule has 0 aliphatic rings. The SMILES string of the molecule is C[C@H](NC(=O)/C(C#N)=c1\s/c(=C/c2ccc(F)cc2)c(=O)n1-c1ccccc1)c1ccccc1. The van der Waals surface area contributed by atoms with E-state index in [2.05, 4.69) is 5.32 Å². The van der Waals surface area contributed by atoms with Crippen LogP contribution in [0.3, 0.4) is 0 Å². The van der Waals surface area contributed by atoms with Gasteiger partial charge >= 0.3 is 0 Å². The van der Waals surface area contributed by atoms with Crippen LogP contribution in [-0.4, -0.2) is 10.5 Å². The number of carbonyl (C=O) groups is 1. The number of amides is 1. The molecule has 1 heterocycles. The number of aromatic nitrogens is 1. The third-order valence-corrected chi connectivity index (χ3v) is 6.30. The number of nitriles is 1. The van der Waals surface area contributed by atoms with Crippen molar-refractivity contribution >= 4 is 28.9 Å². The Bertz CT molecular complexity index is 1530. The van der Waals surface area contributed by atoms with Gasteiger partial charge in [-0.05, 0) is 48.4 Å². The first-order valence-electron chi connectivity index (χ1n) is 10.5. The smallest absolute Gasteiger partial charge is 0.273 e. The van der Waals surface area contributed by atoms with E-state index >= 15 is 0 Å². The van der Waals surface area contributed by atoms with Crippen molar-refractivity contribution in [3.05, 3.63) is 121 Å². The van der Waals surface area contributed by atoms with Gasteiger partial charge in [0.05, 0.1) is 16.3 Å². The number of halogens is 1. The molecule has 1 amide bonds. The Kier molecular flexibility index (Phi) is 6.81. The molecule has 7 heteroatoms. The predicted molar refractivity (Wildman–Crippen MR) is 131 cm³/mol. The zero-order chi connectivity index (χ0) is 24.1. The molecule has 4 aromatic rings. The highest BCUT2D eigenvalue weighted by atomic mass is 32.1. The lowest BCUT2D eigenvalue weighted by Gasteiger charge is -2.13. The molecule has 3 aromatic carbocycles. The summed E-state index contributed by atoms with van der Waals surface area (Å²) in [5, 5.41) is 12.8. The lowest BCUT2D eigenvalue weighted by molar-refractivity contribution is -0.116. The van der Waals surface area contributed by atoms with Gasteiger partial charge in [0.1, 0.15) is 16.5 Å². The maximum Gasteiger partial charge on any atom is 0.273 e. The molecule has 1 aromatic heterocycles. The zero-order valence-corrected chi connectivity index (χ0v) is 19.1. The van der Waals surface area contributed by atoms with E-state index in [1.165, 1.54) is 16.7 Å². The number of nitrogens with zero attached hydrogens (tertiary/aromatic N) is 2. The number of hydrogen-bond donors (Lipinski definition) is 1. The molecule has 1 atom stereocenters. The fourth-order valence-electron chi connectivity index (χ4n) is 3.46. The van der Waals surface area contributed by atoms with Crippen molar-refractivity contribution in [1.29, 1.82) is 5.26 Å². The molecular weight excluding hydrogens is 449 g/mol. The van der Waals surface area contributed by atoms with Crippen LogP contribution < -0.4 is 20.1 Å². The van der Waals surface area contributed by atoms with E-state index in [9.17, 15) is 19.2 Å². The number of benzene rings is 3. The van der Waals surface area contributed by atoms with Crippen molar-refractivity contribution in [3.63, 3.8) is 0 Å². The summed E-state index contributed by atoms with van der Waals surface area (Å²) in [6, 6.07) is 25.6. The first-order chi connectivity index (χ1) is 16.5. The zero-order valence-electron chi connectivity index (χ0n) is 18.2. The summed E-state index contributed by atoms with van der Waals surface area (Å²) in [4.78, 5) is 26.5. The van der Waals surface area contributed by atoms with E-state index in [0.717, 1.165) is 16.9 Å². The van der Waals surface area contributed by atoms with Gasteiger partial charge in [-0.2, -0.15) is 5.26 Å². The molecule has 0 saturated heterocycles. The molecule has 0 bridgehead atoms. The van der Waals surface area contributed by atoms with Crippen LogP contribution in [0.5, 0.6) is 0 Å². The highest BCUT2D eigenvalue weighted by Crippen LogP contribution is 2.12. The second-order valence-corrected chi connectivity index (χ2v) is 8.57. The highest BCUT2D eigenvalue weighted by Gasteiger charge is 2.19. The minimum Gasteiger partial charge on any atom is -0.345 e. The summed E-state index contributed by atoms with van der Waals surface area (Å²) < 4.78 is 15.2. The van der Waals surface area contributed by atoms with Crippen molar-refractivity contribution in [2.24, 2.45) is 0 Å². The van der Waals surface area contributed by atoms with Crippen LogP contribution in [0.4, 0.5) is 4.39 Å². The van der Waals surface area contributed by atoms with Gasteiger partial charge in [0.25, 0.3) is 11.5 Å². The Morgan fingerprint density at radius 3 is 2.26 bits per heavy atom. The van der Waals surface area contributed by atoms with E-state index in [-0.39, 0.29) is 27.7 Å². The summed E-state index contributed by atoms with van der Waals surface area (Å²) >= 11 is 1.04. The van der Waals surface area contributed by atoms with Crippen LogP contribution in [0.25, 0.3) is 17.3 Å². The molecular formula is C27H20FN3O2S. The van der Waals surface area contributed by atoms with Gasteiger partial charge in [0.2, 0.25) is 0 Å². The summed E-state index contributed by atoms with van der Waals surface area (Å²) in [6.45, 7) is 1.83. The van der Waals surface area contributed by atoms with Crippen molar-refractivity contribution in [2.75, 3.05) is 0 Å². The van der Waals surface area contributed by atoms with E-state index < -0.39 is 5.91 Å². The Balaban J connectivity index is 1.89. The summed E-state index contributed by atoms with van der Waals surface area (Å²) in [5.74, 6) is -0.951. The third-order valence-electron chi connectivity index (χ3n) is 5.21. The quantitative estimate of drug-likeness (QED) is 0.487. The number of hydrogen-bond acceptors (Lipinski definition) is 4. The normalized spacial score (nSPS) is 13.1. The maximum atomic E-state index is 13.4. The second kappa shape index (κ2) is 10.1. The fourth-order valence-corrected chi connectivity index (χ4v) is 4.56. The van der Waals surface area contributed by atoms with E-state index in [1.54, 1.807) is 42.5 Å². The molecule has 168 valence electrons. The van der Waals surface area contributed by atoms with Crippen LogP contribution in [-0.2, 0) is 4.79 Å². The first-order valence-corrected chi connectivity index (χ1v) is 11.3. The van der Waals surface area contributed by atoms with Gasteiger partial charge in [-0.3, -0.25) is 14.2 Å². The molecule has 0 radical (unpaired) electrons. The lowest BCUT2D eigenvalue weighted by Crippen LogP contribution is -2.34. The molecule has 0 fully saturated rings. The molecule has 0 unspecified atom stereocenters. The fraction of sp³-hybridized carbons (Fsp3) is 0.0741. The van der Waals surface area contributed by atoms with Crippen molar-refractivity contribution in [3.8, 4) is 11.8 Å². The Hall–Kier alpha value is -4.28. The monoisotopic (exact) mass is 469 g/mol. The lowest BCUT2D eigenvalue weighted by atomic mass is 10.1. The minimum absolute atomic E-state index is 0.160. The van der Waals surface area contributed by atoms with Gasteiger partial charge in [-0.1, -0.05) is 60.7 Å². The molecule has 1 N–H and O–H groups in total. The van der Waals surface area contributed by atoms with Gasteiger partial charge in [-0.15, -0.1) is 11.3 Å². The number of para-hydroxylation sites is 1. The molecule has 0 spiro atoms. The van der Waals surface area contributed by atoms with Crippen LogP contribution in [0.1, 0.15) is 24.1 Å². The average Bonchev–Trinajstić information content (AvgIpc) is 3.17. The summed E-state index contributed by atoms with van der Waals surface area (Å²) in [7, 11) is 0. The predicted octanol–water partition coefficient (Wildman–Crippen LogP) is 3.42. The van der Waals surface area contributed by atoms with Gasteiger partial charge in [0.15, 0.2) is 5.57 Å². The number of rotatable bonds is 5.